The Morgan fingerprint density at radius 3 is 2.30 bits per heavy atom. The maximum atomic E-state index is 11.8. The second-order valence-electron chi connectivity index (χ2n) is 4.37. The average Bonchev–Trinajstić information content (AvgIpc) is 2.76. The van der Waals surface area contributed by atoms with Crippen LogP contribution in [0, 0.1) is 18.8 Å². The van der Waals surface area contributed by atoms with E-state index in [-0.39, 0.29) is 11.3 Å². The Morgan fingerprint density at radius 2 is 1.80 bits per heavy atom. The first-order valence-electron chi connectivity index (χ1n) is 6.00. The van der Waals surface area contributed by atoms with E-state index in [0.29, 0.717) is 10.6 Å². The van der Waals surface area contributed by atoms with Gasteiger partial charge in [0, 0.05) is 17.5 Å². The van der Waals surface area contributed by atoms with Crippen LogP contribution >= 0.6 is 0 Å². The fourth-order valence-electron chi connectivity index (χ4n) is 2.21. The van der Waals surface area contributed by atoms with E-state index in [1.54, 1.807) is 4.57 Å². The summed E-state index contributed by atoms with van der Waals surface area (Å²) in [6.07, 6.45) is 0. The molecule has 0 radical (unpaired) electrons. The van der Waals surface area contributed by atoms with E-state index in [1.165, 1.54) is 25.3 Å². The van der Waals surface area contributed by atoms with Gasteiger partial charge >= 0.3 is 11.7 Å². The minimum absolute atomic E-state index is 0.0443. The van der Waals surface area contributed by atoms with Gasteiger partial charge in [-0.3, -0.25) is 0 Å². The van der Waals surface area contributed by atoms with Crippen molar-refractivity contribution in [1.29, 1.82) is 0 Å². The smallest absolute Gasteiger partial charge is 0.341 e. The summed E-state index contributed by atoms with van der Waals surface area (Å²) in [7, 11) is 1.24. The summed E-state index contributed by atoms with van der Waals surface area (Å²) in [6.45, 7) is 3.69. The molecule has 2 rings (SSSR count). The molecule has 0 bridgehead atoms. The minimum Gasteiger partial charge on any atom is -0.478 e. The Morgan fingerprint density at radius 1 is 1.20 bits per heavy atom. The van der Waals surface area contributed by atoms with Gasteiger partial charge < -0.3 is 9.67 Å². The fourth-order valence-corrected chi connectivity index (χ4v) is 2.21. The third-order valence-electron chi connectivity index (χ3n) is 3.10. The van der Waals surface area contributed by atoms with Gasteiger partial charge in [-0.15, -0.1) is 0 Å². The normalized spacial score (nSPS) is 10.3. The molecule has 0 aliphatic rings. The highest BCUT2D eigenvalue weighted by Crippen LogP contribution is 2.30. The van der Waals surface area contributed by atoms with E-state index in [4.69, 9.17) is 0 Å². The molecule has 0 fully saturated rings. The highest BCUT2D eigenvalue weighted by molar-refractivity contribution is 5.94. The molecule has 0 saturated heterocycles. The molecule has 0 saturated carbocycles. The SMILES string of the molecule is CO[N+](=O)c1cccc(C(=O)O)c1-n1c(C)ccc1C. The van der Waals surface area contributed by atoms with Gasteiger partial charge in [-0.05, 0) is 32.0 Å². The van der Waals surface area contributed by atoms with Gasteiger partial charge in [0.1, 0.15) is 5.69 Å². The number of carboxylic acids is 1. The standard InChI is InChI=1S/C14H14N2O4/c1-9-7-8-10(2)15(9)13-11(14(17)18)5-4-6-12(13)16(19)20-3/h4-8H,1-3H3/p+1. The van der Waals surface area contributed by atoms with Crippen molar-refractivity contribution in [2.75, 3.05) is 7.11 Å². The van der Waals surface area contributed by atoms with Crippen LogP contribution in [0.1, 0.15) is 21.7 Å². The summed E-state index contributed by atoms with van der Waals surface area (Å²) in [5, 5.41) is 9.35. The molecular weight excluding hydrogens is 260 g/mol. The zero-order valence-electron chi connectivity index (χ0n) is 11.5. The second kappa shape index (κ2) is 5.16. The number of aryl methyl sites for hydroxylation is 2. The lowest BCUT2D eigenvalue weighted by Gasteiger charge is -2.11. The Bertz CT molecular complexity index is 669. The van der Waals surface area contributed by atoms with Crippen molar-refractivity contribution >= 4 is 11.7 Å². The van der Waals surface area contributed by atoms with E-state index in [1.807, 2.05) is 26.0 Å². The van der Waals surface area contributed by atoms with Gasteiger partial charge in [-0.2, -0.15) is 0 Å². The van der Waals surface area contributed by atoms with Crippen LogP contribution in [0.2, 0.25) is 0 Å². The number of hydrogen-bond acceptors (Lipinski definition) is 3. The van der Waals surface area contributed by atoms with Gasteiger partial charge in [0.05, 0.1) is 10.5 Å². The molecule has 104 valence electrons. The van der Waals surface area contributed by atoms with Gasteiger partial charge in [-0.25, -0.2) is 9.63 Å². The Kier molecular flexibility index (Phi) is 3.56. The largest absolute Gasteiger partial charge is 0.478 e. The first-order chi connectivity index (χ1) is 9.47. The molecule has 20 heavy (non-hydrogen) atoms. The number of carboxylic acid groups (broad SMARTS) is 1. The molecule has 0 aliphatic carbocycles. The monoisotopic (exact) mass is 275 g/mol. The number of hydrogen-bond donors (Lipinski definition) is 1. The topological polar surface area (TPSA) is 71.5 Å². The van der Waals surface area contributed by atoms with Crippen molar-refractivity contribution in [2.24, 2.45) is 0 Å². The summed E-state index contributed by atoms with van der Waals surface area (Å²) >= 11 is 0. The number of aromatic nitrogens is 1. The second-order valence-corrected chi connectivity index (χ2v) is 4.37. The van der Waals surface area contributed by atoms with Crippen LogP contribution in [0.25, 0.3) is 5.69 Å². The lowest BCUT2D eigenvalue weighted by molar-refractivity contribution is -0.736. The lowest BCUT2D eigenvalue weighted by atomic mass is 10.1. The van der Waals surface area contributed by atoms with E-state index in [0.717, 1.165) is 11.4 Å². The van der Waals surface area contributed by atoms with Gasteiger partial charge in [0.15, 0.2) is 7.11 Å². The van der Waals surface area contributed by atoms with E-state index in [2.05, 4.69) is 4.84 Å². The highest BCUT2D eigenvalue weighted by Gasteiger charge is 2.28. The van der Waals surface area contributed by atoms with Crippen LogP contribution in [-0.4, -0.2) is 27.7 Å². The molecule has 1 aromatic carbocycles. The lowest BCUT2D eigenvalue weighted by Crippen LogP contribution is -2.12. The number of rotatable bonds is 4. The Hall–Kier alpha value is -2.63. The van der Waals surface area contributed by atoms with Gasteiger partial charge in [-0.1, -0.05) is 6.07 Å². The number of nitrogens with zero attached hydrogens (tertiary/aromatic N) is 2. The van der Waals surface area contributed by atoms with Crippen LogP contribution in [0.15, 0.2) is 30.3 Å². The third kappa shape index (κ3) is 2.16. The molecule has 0 unspecified atom stereocenters. The van der Waals surface area contributed by atoms with Crippen LogP contribution in [0.5, 0.6) is 0 Å². The zero-order chi connectivity index (χ0) is 14.9. The fraction of sp³-hybridized carbons (Fsp3) is 0.214. The van der Waals surface area contributed by atoms with E-state index < -0.39 is 5.97 Å². The highest BCUT2D eigenvalue weighted by atomic mass is 16.8. The molecule has 0 spiro atoms. The number of benzene rings is 1. The van der Waals surface area contributed by atoms with Crippen molar-refractivity contribution in [2.45, 2.75) is 13.8 Å². The molecule has 0 aliphatic heterocycles. The average molecular weight is 275 g/mol. The quantitative estimate of drug-likeness (QED) is 0.871. The molecule has 1 aromatic heterocycles. The van der Waals surface area contributed by atoms with Crippen molar-refractivity contribution < 1.29 is 19.7 Å². The summed E-state index contributed by atoms with van der Waals surface area (Å²) in [6, 6.07) is 8.22. The number of carbonyl (C=O) groups is 1. The van der Waals surface area contributed by atoms with Crippen molar-refractivity contribution in [3.8, 4) is 5.69 Å². The van der Waals surface area contributed by atoms with E-state index in [9.17, 15) is 14.8 Å². The predicted octanol–water partition coefficient (Wildman–Crippen LogP) is 2.76. The summed E-state index contributed by atoms with van der Waals surface area (Å²) in [4.78, 5) is 28.2. The Balaban J connectivity index is 2.84. The van der Waals surface area contributed by atoms with Crippen LogP contribution in [0.3, 0.4) is 0 Å². The first kappa shape index (κ1) is 13.8. The zero-order valence-corrected chi connectivity index (χ0v) is 11.5. The van der Waals surface area contributed by atoms with Crippen LogP contribution in [-0.2, 0) is 4.84 Å². The van der Waals surface area contributed by atoms with Gasteiger partial charge in [0.25, 0.3) is 4.92 Å². The molecular formula is C14H15N2O4+. The predicted molar refractivity (Wildman–Crippen MR) is 72.5 cm³/mol. The maximum absolute atomic E-state index is 11.8. The third-order valence-corrected chi connectivity index (χ3v) is 3.10. The van der Waals surface area contributed by atoms with Crippen LogP contribution in [0.4, 0.5) is 5.69 Å². The molecule has 0 atom stereocenters. The first-order valence-corrected chi connectivity index (χ1v) is 6.00. The molecule has 1 heterocycles. The van der Waals surface area contributed by atoms with E-state index >= 15 is 0 Å². The summed E-state index contributed by atoms with van der Waals surface area (Å²) in [5.74, 6) is -1.10. The van der Waals surface area contributed by atoms with Gasteiger partial charge in [0.2, 0.25) is 0 Å². The van der Waals surface area contributed by atoms with Crippen molar-refractivity contribution in [1.82, 2.24) is 4.57 Å². The molecule has 1 N–H and O–H groups in total. The Labute approximate surface area is 115 Å². The summed E-state index contributed by atoms with van der Waals surface area (Å²) in [5.41, 5.74) is 2.17. The number of aromatic carboxylic acids is 1. The van der Waals surface area contributed by atoms with Crippen LogP contribution < -0.4 is 0 Å². The maximum Gasteiger partial charge on any atom is 0.341 e. The molecule has 2 aromatic rings. The molecule has 0 amide bonds. The van der Waals surface area contributed by atoms with Crippen molar-refractivity contribution in [3.05, 3.63) is 52.2 Å². The molecule has 6 nitrogen and oxygen atoms in total. The minimum atomic E-state index is -1.10. The van der Waals surface area contributed by atoms with Crippen molar-refractivity contribution in [3.63, 3.8) is 0 Å². The summed E-state index contributed by atoms with van der Waals surface area (Å²) < 4.78 is 1.72. The number of para-hydroxylation sites is 1. The molecule has 6 heteroatoms.